The Labute approximate surface area is 126 Å². The first-order chi connectivity index (χ1) is 10.1. The van der Waals surface area contributed by atoms with Gasteiger partial charge >= 0.3 is 0 Å². The van der Waals surface area contributed by atoms with Crippen molar-refractivity contribution < 1.29 is 12.8 Å². The van der Waals surface area contributed by atoms with Gasteiger partial charge in [-0.2, -0.15) is 4.31 Å². The fraction of sp³-hybridized carbons (Fsp3) is 0.600. The van der Waals surface area contributed by atoms with E-state index in [1.165, 1.54) is 22.5 Å². The van der Waals surface area contributed by atoms with Gasteiger partial charge < -0.3 is 5.73 Å². The Kier molecular flexibility index (Phi) is 5.72. The summed E-state index contributed by atoms with van der Waals surface area (Å²) in [5.74, 6) is -0.689. The maximum Gasteiger partial charge on any atom is 0.246 e. The average Bonchev–Trinajstić information content (AvgIpc) is 2.49. The molecular formula is C15H23FN2O2S. The Bertz CT molecular complexity index is 557. The molecule has 2 rings (SSSR count). The van der Waals surface area contributed by atoms with E-state index in [9.17, 15) is 12.8 Å². The summed E-state index contributed by atoms with van der Waals surface area (Å²) in [4.78, 5) is -0.229. The van der Waals surface area contributed by atoms with Crippen LogP contribution < -0.4 is 5.73 Å². The number of hydrogen-bond acceptors (Lipinski definition) is 3. The minimum absolute atomic E-state index is 0.0325. The number of sulfonamides is 1. The Morgan fingerprint density at radius 2 is 1.86 bits per heavy atom. The monoisotopic (exact) mass is 314 g/mol. The lowest BCUT2D eigenvalue weighted by atomic mass is 9.95. The molecule has 1 fully saturated rings. The highest BCUT2D eigenvalue weighted by atomic mass is 32.2. The summed E-state index contributed by atoms with van der Waals surface area (Å²) in [5.41, 5.74) is 5.52. The zero-order chi connectivity index (χ0) is 15.3. The molecule has 1 aromatic rings. The summed E-state index contributed by atoms with van der Waals surface area (Å²) >= 11 is 0. The first-order valence-electron chi connectivity index (χ1n) is 7.54. The highest BCUT2D eigenvalue weighted by Gasteiger charge is 2.33. The molecule has 0 aliphatic heterocycles. The van der Waals surface area contributed by atoms with Gasteiger partial charge in [-0.05, 0) is 37.9 Å². The highest BCUT2D eigenvalue weighted by molar-refractivity contribution is 7.89. The van der Waals surface area contributed by atoms with Gasteiger partial charge in [0.25, 0.3) is 0 Å². The van der Waals surface area contributed by atoms with Crippen molar-refractivity contribution >= 4 is 10.0 Å². The van der Waals surface area contributed by atoms with Gasteiger partial charge in [0.1, 0.15) is 10.7 Å². The van der Waals surface area contributed by atoms with Crippen molar-refractivity contribution in [1.29, 1.82) is 0 Å². The fourth-order valence-corrected chi connectivity index (χ4v) is 4.69. The van der Waals surface area contributed by atoms with Crippen LogP contribution in [0.4, 0.5) is 4.39 Å². The number of halogens is 1. The van der Waals surface area contributed by atoms with Gasteiger partial charge in [0.05, 0.1) is 0 Å². The minimum atomic E-state index is -3.80. The molecule has 1 aliphatic rings. The molecule has 0 atom stereocenters. The summed E-state index contributed by atoms with van der Waals surface area (Å²) in [5, 5.41) is 0. The summed E-state index contributed by atoms with van der Waals surface area (Å²) in [7, 11) is -3.80. The third kappa shape index (κ3) is 3.81. The summed E-state index contributed by atoms with van der Waals surface area (Å²) in [6, 6.07) is 5.55. The molecule has 4 nitrogen and oxygen atoms in total. The lowest BCUT2D eigenvalue weighted by Gasteiger charge is -2.33. The van der Waals surface area contributed by atoms with Crippen LogP contribution >= 0.6 is 0 Å². The molecule has 21 heavy (non-hydrogen) atoms. The van der Waals surface area contributed by atoms with Crippen LogP contribution in [0.1, 0.15) is 38.5 Å². The molecule has 6 heteroatoms. The maximum absolute atomic E-state index is 13.9. The van der Waals surface area contributed by atoms with E-state index in [1.807, 2.05) is 0 Å². The summed E-state index contributed by atoms with van der Waals surface area (Å²) < 4.78 is 41.0. The first kappa shape index (κ1) is 16.4. The van der Waals surface area contributed by atoms with E-state index in [1.54, 1.807) is 6.07 Å². The molecule has 0 amide bonds. The van der Waals surface area contributed by atoms with E-state index in [2.05, 4.69) is 0 Å². The molecule has 0 bridgehead atoms. The van der Waals surface area contributed by atoms with Gasteiger partial charge in [-0.1, -0.05) is 31.4 Å². The second kappa shape index (κ2) is 7.33. The van der Waals surface area contributed by atoms with Gasteiger partial charge in [0, 0.05) is 12.6 Å². The normalized spacial score (nSPS) is 17.3. The third-order valence-corrected chi connectivity index (χ3v) is 5.97. The van der Waals surface area contributed by atoms with Crippen molar-refractivity contribution in [1.82, 2.24) is 4.31 Å². The van der Waals surface area contributed by atoms with Crippen molar-refractivity contribution in [3.05, 3.63) is 30.1 Å². The highest BCUT2D eigenvalue weighted by Crippen LogP contribution is 2.28. The molecule has 2 N–H and O–H groups in total. The Hall–Kier alpha value is -0.980. The standard InChI is InChI=1S/C15H23FN2O2S/c16-14-9-4-5-10-15(14)21(19,20)18(12-6-11-17)13-7-2-1-3-8-13/h4-5,9-10,13H,1-3,6-8,11-12,17H2. The average molecular weight is 314 g/mol. The Morgan fingerprint density at radius 1 is 1.19 bits per heavy atom. The molecule has 1 saturated carbocycles. The molecule has 1 aromatic carbocycles. The van der Waals surface area contributed by atoms with Gasteiger partial charge in [-0.15, -0.1) is 0 Å². The zero-order valence-electron chi connectivity index (χ0n) is 12.2. The van der Waals surface area contributed by atoms with E-state index in [4.69, 9.17) is 5.73 Å². The SMILES string of the molecule is NCCCN(C1CCCCC1)S(=O)(=O)c1ccccc1F. The molecule has 0 spiro atoms. The van der Waals surface area contributed by atoms with Gasteiger partial charge in [0.15, 0.2) is 0 Å². The lowest BCUT2D eigenvalue weighted by Crippen LogP contribution is -2.42. The van der Waals surface area contributed by atoms with Crippen LogP contribution in [0.25, 0.3) is 0 Å². The summed E-state index contributed by atoms with van der Waals surface area (Å²) in [6.07, 6.45) is 5.47. The molecule has 1 aliphatic carbocycles. The zero-order valence-corrected chi connectivity index (χ0v) is 13.0. The van der Waals surface area contributed by atoms with Crippen molar-refractivity contribution in [2.75, 3.05) is 13.1 Å². The molecule has 118 valence electrons. The molecule has 0 aromatic heterocycles. The predicted molar refractivity (Wildman–Crippen MR) is 80.8 cm³/mol. The van der Waals surface area contributed by atoms with E-state index >= 15 is 0 Å². The molecule has 0 unspecified atom stereocenters. The summed E-state index contributed by atoms with van der Waals surface area (Å²) in [6.45, 7) is 0.786. The Balaban J connectivity index is 2.32. The molecule has 0 radical (unpaired) electrons. The van der Waals surface area contributed by atoms with Crippen molar-refractivity contribution in [2.45, 2.75) is 49.5 Å². The second-order valence-corrected chi connectivity index (χ2v) is 7.34. The second-order valence-electron chi connectivity index (χ2n) is 5.48. The fourth-order valence-electron chi connectivity index (χ4n) is 2.90. The van der Waals surface area contributed by atoms with E-state index in [-0.39, 0.29) is 10.9 Å². The van der Waals surface area contributed by atoms with Gasteiger partial charge in [-0.3, -0.25) is 0 Å². The minimum Gasteiger partial charge on any atom is -0.330 e. The lowest BCUT2D eigenvalue weighted by molar-refractivity contribution is 0.251. The number of hydrogen-bond donors (Lipinski definition) is 1. The van der Waals surface area contributed by atoms with Crippen molar-refractivity contribution in [3.63, 3.8) is 0 Å². The van der Waals surface area contributed by atoms with Crippen LogP contribution in [-0.2, 0) is 10.0 Å². The number of rotatable bonds is 6. The van der Waals surface area contributed by atoms with Crippen LogP contribution in [0, 0.1) is 5.82 Å². The van der Waals surface area contributed by atoms with Crippen LogP contribution in [0.15, 0.2) is 29.2 Å². The molecular weight excluding hydrogens is 291 g/mol. The van der Waals surface area contributed by atoms with Crippen LogP contribution in [0.3, 0.4) is 0 Å². The van der Waals surface area contributed by atoms with Crippen LogP contribution in [0.2, 0.25) is 0 Å². The van der Waals surface area contributed by atoms with E-state index in [0.717, 1.165) is 32.1 Å². The third-order valence-electron chi connectivity index (χ3n) is 3.99. The number of nitrogens with two attached hydrogens (primary N) is 1. The largest absolute Gasteiger partial charge is 0.330 e. The van der Waals surface area contributed by atoms with Crippen molar-refractivity contribution in [3.8, 4) is 0 Å². The predicted octanol–water partition coefficient (Wildman–Crippen LogP) is 2.50. The van der Waals surface area contributed by atoms with Gasteiger partial charge in [0.2, 0.25) is 10.0 Å². The first-order valence-corrected chi connectivity index (χ1v) is 8.98. The van der Waals surface area contributed by atoms with E-state index < -0.39 is 15.8 Å². The van der Waals surface area contributed by atoms with E-state index in [0.29, 0.717) is 19.5 Å². The molecule has 0 saturated heterocycles. The molecule has 0 heterocycles. The van der Waals surface area contributed by atoms with Crippen molar-refractivity contribution in [2.24, 2.45) is 5.73 Å². The number of benzene rings is 1. The van der Waals surface area contributed by atoms with Crippen LogP contribution in [0.5, 0.6) is 0 Å². The van der Waals surface area contributed by atoms with Gasteiger partial charge in [-0.25, -0.2) is 12.8 Å². The quantitative estimate of drug-likeness (QED) is 0.877. The number of nitrogens with zero attached hydrogens (tertiary/aromatic N) is 1. The maximum atomic E-state index is 13.9. The Morgan fingerprint density at radius 3 is 2.48 bits per heavy atom. The topological polar surface area (TPSA) is 63.4 Å². The van der Waals surface area contributed by atoms with Crippen LogP contribution in [-0.4, -0.2) is 31.9 Å². The smallest absolute Gasteiger partial charge is 0.246 e.